The van der Waals surface area contributed by atoms with E-state index < -0.39 is 6.04 Å². The van der Waals surface area contributed by atoms with Crippen LogP contribution in [0.25, 0.3) is 0 Å². The van der Waals surface area contributed by atoms with Gasteiger partial charge in [-0.15, -0.1) is 0 Å². The zero-order chi connectivity index (χ0) is 19.9. The van der Waals surface area contributed by atoms with Crippen LogP contribution >= 0.6 is 0 Å². The molecule has 0 aliphatic carbocycles. The molecule has 1 unspecified atom stereocenters. The summed E-state index contributed by atoms with van der Waals surface area (Å²) in [5.41, 5.74) is 1.87. The van der Waals surface area contributed by atoms with E-state index in [1.54, 1.807) is 13.8 Å². The average molecular weight is 383 g/mol. The number of amides is 1. The van der Waals surface area contributed by atoms with Gasteiger partial charge in [0, 0.05) is 6.42 Å². The Balaban J connectivity index is 1.59. The standard InChI is InChI=1S/C22H25NO5/c1-15(2)28-22(25)13-18(17-6-4-3-5-7-17)23-21(24)11-9-16-8-10-19-20(12-16)27-14-26-19/h3-8,10,12,15,18H,9,11,13-14H2,1-2H3,(H,23,24). The number of aryl methyl sites for hydroxylation is 1. The van der Waals surface area contributed by atoms with Crippen LogP contribution in [0.5, 0.6) is 11.5 Å². The summed E-state index contributed by atoms with van der Waals surface area (Å²) in [6.07, 6.45) is 0.784. The number of ether oxygens (including phenoxy) is 3. The normalized spacial score (nSPS) is 13.2. The molecular weight excluding hydrogens is 358 g/mol. The van der Waals surface area contributed by atoms with Crippen LogP contribution < -0.4 is 14.8 Å². The molecule has 1 N–H and O–H groups in total. The number of esters is 1. The fourth-order valence-electron chi connectivity index (χ4n) is 3.04. The first-order chi connectivity index (χ1) is 13.5. The lowest BCUT2D eigenvalue weighted by Crippen LogP contribution is -2.31. The lowest BCUT2D eigenvalue weighted by molar-refractivity contribution is -0.148. The molecule has 0 aromatic heterocycles. The van der Waals surface area contributed by atoms with Gasteiger partial charge < -0.3 is 19.5 Å². The molecule has 0 saturated carbocycles. The van der Waals surface area contributed by atoms with E-state index in [-0.39, 0.29) is 31.2 Å². The van der Waals surface area contributed by atoms with E-state index in [9.17, 15) is 9.59 Å². The molecule has 0 spiro atoms. The average Bonchev–Trinajstić information content (AvgIpc) is 3.14. The van der Waals surface area contributed by atoms with Crippen molar-refractivity contribution in [2.45, 2.75) is 45.3 Å². The molecule has 1 heterocycles. The number of carbonyl (C=O) groups excluding carboxylic acids is 2. The fourth-order valence-corrected chi connectivity index (χ4v) is 3.04. The van der Waals surface area contributed by atoms with Gasteiger partial charge in [-0.25, -0.2) is 0 Å². The van der Waals surface area contributed by atoms with Crippen LogP contribution in [0.3, 0.4) is 0 Å². The molecule has 0 saturated heterocycles. The van der Waals surface area contributed by atoms with Crippen molar-refractivity contribution in [1.82, 2.24) is 5.32 Å². The topological polar surface area (TPSA) is 73.9 Å². The summed E-state index contributed by atoms with van der Waals surface area (Å²) in [6, 6.07) is 14.7. The van der Waals surface area contributed by atoms with Crippen LogP contribution in [0, 0.1) is 0 Å². The Hall–Kier alpha value is -3.02. The largest absolute Gasteiger partial charge is 0.463 e. The van der Waals surface area contributed by atoms with E-state index in [1.165, 1.54) is 0 Å². The van der Waals surface area contributed by atoms with E-state index in [0.29, 0.717) is 18.6 Å². The molecule has 0 bridgehead atoms. The minimum atomic E-state index is -0.420. The van der Waals surface area contributed by atoms with Crippen LogP contribution in [-0.2, 0) is 20.7 Å². The Kier molecular flexibility index (Phi) is 6.53. The van der Waals surface area contributed by atoms with Gasteiger partial charge in [0.1, 0.15) is 0 Å². The van der Waals surface area contributed by atoms with Gasteiger partial charge in [0.05, 0.1) is 18.6 Å². The van der Waals surface area contributed by atoms with E-state index in [2.05, 4.69) is 5.32 Å². The number of carbonyl (C=O) groups is 2. The summed E-state index contributed by atoms with van der Waals surface area (Å²) >= 11 is 0. The smallest absolute Gasteiger partial charge is 0.308 e. The summed E-state index contributed by atoms with van der Waals surface area (Å²) in [6.45, 7) is 3.84. The van der Waals surface area contributed by atoms with Crippen LogP contribution in [-0.4, -0.2) is 24.8 Å². The molecule has 148 valence electrons. The van der Waals surface area contributed by atoms with Crippen molar-refractivity contribution < 1.29 is 23.8 Å². The second-order valence-electron chi connectivity index (χ2n) is 6.96. The molecule has 3 rings (SSSR count). The molecule has 0 fully saturated rings. The van der Waals surface area contributed by atoms with Crippen molar-refractivity contribution in [1.29, 1.82) is 0 Å². The van der Waals surface area contributed by atoms with Gasteiger partial charge in [0.25, 0.3) is 0 Å². The predicted molar refractivity (Wildman–Crippen MR) is 104 cm³/mol. The van der Waals surface area contributed by atoms with Crippen molar-refractivity contribution in [3.63, 3.8) is 0 Å². The third-order valence-corrected chi connectivity index (χ3v) is 4.35. The fraction of sp³-hybridized carbons (Fsp3) is 0.364. The molecule has 1 atom stereocenters. The van der Waals surface area contributed by atoms with Crippen molar-refractivity contribution >= 4 is 11.9 Å². The van der Waals surface area contributed by atoms with Crippen LogP contribution in [0.2, 0.25) is 0 Å². The molecule has 1 aliphatic heterocycles. The van der Waals surface area contributed by atoms with Gasteiger partial charge in [-0.1, -0.05) is 36.4 Å². The Morgan fingerprint density at radius 1 is 1.07 bits per heavy atom. The second kappa shape index (κ2) is 9.26. The van der Waals surface area contributed by atoms with Crippen LogP contribution in [0.1, 0.15) is 43.9 Å². The highest BCUT2D eigenvalue weighted by atomic mass is 16.7. The molecule has 1 aliphatic rings. The van der Waals surface area contributed by atoms with Crippen molar-refractivity contribution in [3.05, 3.63) is 59.7 Å². The summed E-state index contributed by atoms with van der Waals surface area (Å²) in [7, 11) is 0. The zero-order valence-corrected chi connectivity index (χ0v) is 16.1. The highest BCUT2D eigenvalue weighted by Crippen LogP contribution is 2.32. The van der Waals surface area contributed by atoms with E-state index in [0.717, 1.165) is 16.9 Å². The van der Waals surface area contributed by atoms with Gasteiger partial charge in [-0.05, 0) is 43.5 Å². The monoisotopic (exact) mass is 383 g/mol. The number of benzene rings is 2. The number of nitrogens with one attached hydrogen (secondary N) is 1. The van der Waals surface area contributed by atoms with Gasteiger partial charge in [-0.3, -0.25) is 9.59 Å². The Labute approximate surface area is 164 Å². The lowest BCUT2D eigenvalue weighted by Gasteiger charge is -2.19. The number of rotatable bonds is 8. The zero-order valence-electron chi connectivity index (χ0n) is 16.1. The summed E-state index contributed by atoms with van der Waals surface area (Å²) in [5.74, 6) is 0.973. The first kappa shape index (κ1) is 19.7. The second-order valence-corrected chi connectivity index (χ2v) is 6.96. The molecule has 2 aromatic carbocycles. The van der Waals surface area contributed by atoms with E-state index >= 15 is 0 Å². The summed E-state index contributed by atoms with van der Waals surface area (Å²) in [4.78, 5) is 24.6. The third-order valence-electron chi connectivity index (χ3n) is 4.35. The molecular formula is C22H25NO5. The molecule has 6 nitrogen and oxygen atoms in total. The predicted octanol–water partition coefficient (Wildman–Crippen LogP) is 3.55. The lowest BCUT2D eigenvalue weighted by atomic mass is 10.0. The SMILES string of the molecule is CC(C)OC(=O)CC(NC(=O)CCc1ccc2c(c1)OCO2)c1ccccc1. The molecule has 1 amide bonds. The van der Waals surface area contributed by atoms with Gasteiger partial charge in [0.15, 0.2) is 11.5 Å². The van der Waals surface area contributed by atoms with E-state index in [1.807, 2.05) is 48.5 Å². The van der Waals surface area contributed by atoms with Crippen molar-refractivity contribution in [2.24, 2.45) is 0 Å². The maximum absolute atomic E-state index is 12.5. The Bertz CT molecular complexity index is 819. The molecule has 2 aromatic rings. The highest BCUT2D eigenvalue weighted by molar-refractivity contribution is 5.78. The summed E-state index contributed by atoms with van der Waals surface area (Å²) < 4.78 is 15.9. The molecule has 6 heteroatoms. The highest BCUT2D eigenvalue weighted by Gasteiger charge is 2.20. The third kappa shape index (κ3) is 5.49. The van der Waals surface area contributed by atoms with Crippen LogP contribution in [0.4, 0.5) is 0 Å². The van der Waals surface area contributed by atoms with Gasteiger partial charge in [-0.2, -0.15) is 0 Å². The number of hydrogen-bond acceptors (Lipinski definition) is 5. The maximum Gasteiger partial charge on any atom is 0.308 e. The first-order valence-electron chi connectivity index (χ1n) is 9.43. The minimum Gasteiger partial charge on any atom is -0.463 e. The van der Waals surface area contributed by atoms with Crippen LogP contribution in [0.15, 0.2) is 48.5 Å². The van der Waals surface area contributed by atoms with E-state index in [4.69, 9.17) is 14.2 Å². The Morgan fingerprint density at radius 3 is 2.57 bits per heavy atom. The summed E-state index contributed by atoms with van der Waals surface area (Å²) in [5, 5.41) is 2.96. The number of fused-ring (bicyclic) bond motifs is 1. The molecule has 0 radical (unpaired) electrons. The Morgan fingerprint density at radius 2 is 1.82 bits per heavy atom. The van der Waals surface area contributed by atoms with Gasteiger partial charge in [0.2, 0.25) is 12.7 Å². The number of hydrogen-bond donors (Lipinski definition) is 1. The quantitative estimate of drug-likeness (QED) is 0.706. The molecule has 28 heavy (non-hydrogen) atoms. The maximum atomic E-state index is 12.5. The first-order valence-corrected chi connectivity index (χ1v) is 9.43. The van der Waals surface area contributed by atoms with Gasteiger partial charge >= 0.3 is 5.97 Å². The minimum absolute atomic E-state index is 0.0952. The van der Waals surface area contributed by atoms with Crippen molar-refractivity contribution in [2.75, 3.05) is 6.79 Å². The van der Waals surface area contributed by atoms with Crippen molar-refractivity contribution in [3.8, 4) is 11.5 Å².